The molecule has 1 atom stereocenters. The molecule has 2 heterocycles. The number of H-pyrrole nitrogens is 1. The van der Waals surface area contributed by atoms with Crippen LogP contribution < -0.4 is 15.2 Å². The van der Waals surface area contributed by atoms with E-state index in [4.69, 9.17) is 9.47 Å². The van der Waals surface area contributed by atoms with Crippen molar-refractivity contribution in [3.8, 4) is 11.5 Å². The Balaban J connectivity index is 1.85. The molecule has 9 nitrogen and oxygen atoms in total. The number of nitrogens with one attached hydrogen (secondary N) is 1. The van der Waals surface area contributed by atoms with Crippen molar-refractivity contribution in [1.29, 1.82) is 0 Å². The number of fused-ring (bicyclic) bond motifs is 1. The van der Waals surface area contributed by atoms with Crippen molar-refractivity contribution in [1.82, 2.24) is 14.5 Å². The van der Waals surface area contributed by atoms with Gasteiger partial charge in [0.15, 0.2) is 11.5 Å². The largest absolute Gasteiger partial charge is 0.493 e. The van der Waals surface area contributed by atoms with Crippen molar-refractivity contribution in [3.63, 3.8) is 0 Å². The number of para-hydroxylation sites is 1. The third-order valence-electron chi connectivity index (χ3n) is 6.43. The molecule has 0 aliphatic carbocycles. The normalized spacial score (nSPS) is 14.1. The Hall–Kier alpha value is -3.88. The first-order valence-electron chi connectivity index (χ1n) is 12.2. The smallest absolute Gasteiger partial charge is 0.327 e. The molecule has 1 aliphatic rings. The van der Waals surface area contributed by atoms with E-state index >= 15 is 0 Å². The number of carbonyl (C=O) groups excluding carboxylic acids is 3. The summed E-state index contributed by atoms with van der Waals surface area (Å²) in [7, 11) is 1.54. The lowest BCUT2D eigenvalue weighted by Crippen LogP contribution is -2.27. The van der Waals surface area contributed by atoms with Gasteiger partial charge in [-0.25, -0.2) is 4.79 Å². The summed E-state index contributed by atoms with van der Waals surface area (Å²) in [6.07, 6.45) is 1.62. The number of Topliss-reactive ketones (excluding diaryl/α,β-unsaturated/α-hetero) is 2. The molecule has 1 N–H and O–H groups in total. The average Bonchev–Trinajstić information content (AvgIpc) is 3.49. The quantitative estimate of drug-likeness (QED) is 0.433. The lowest BCUT2D eigenvalue weighted by atomic mass is 9.98. The maximum absolute atomic E-state index is 13.3. The molecule has 0 radical (unpaired) electrons. The zero-order valence-electron chi connectivity index (χ0n) is 20.8. The van der Waals surface area contributed by atoms with Crippen LogP contribution >= 0.6 is 0 Å². The minimum atomic E-state index is -0.722. The molecule has 1 aliphatic heterocycles. The summed E-state index contributed by atoms with van der Waals surface area (Å²) < 4.78 is 12.6. The standard InChI is InChI=1S/C27H31N3O6/c1-4-36-24-15-18(10-11-23(24)35-3)22(16-19(32)14-17(2)31)30-21-9-7-8-20(25(21)28-27(30)34)26(33)29-12-5-6-13-29/h7-11,15,22H,4-6,12-14,16H2,1-3H3,(H,28,34). The Morgan fingerprint density at radius 1 is 1.08 bits per heavy atom. The fourth-order valence-electron chi connectivity index (χ4n) is 4.82. The first-order chi connectivity index (χ1) is 17.3. The first kappa shape index (κ1) is 25.2. The molecule has 2 aromatic carbocycles. The second-order valence-corrected chi connectivity index (χ2v) is 8.98. The molecule has 0 bridgehead atoms. The van der Waals surface area contributed by atoms with Gasteiger partial charge >= 0.3 is 5.69 Å². The van der Waals surface area contributed by atoms with Crippen LogP contribution in [0.2, 0.25) is 0 Å². The number of benzene rings is 2. The van der Waals surface area contributed by atoms with Gasteiger partial charge in [0.1, 0.15) is 11.6 Å². The number of aromatic amines is 1. The van der Waals surface area contributed by atoms with Gasteiger partial charge in [-0.3, -0.25) is 19.0 Å². The molecule has 36 heavy (non-hydrogen) atoms. The summed E-state index contributed by atoms with van der Waals surface area (Å²) in [5.41, 5.74) is 1.57. The molecule has 1 aromatic heterocycles. The highest BCUT2D eigenvalue weighted by atomic mass is 16.5. The molecule has 190 valence electrons. The second kappa shape index (κ2) is 10.8. The molecule has 1 saturated heterocycles. The Bertz CT molecular complexity index is 1350. The van der Waals surface area contributed by atoms with Gasteiger partial charge in [-0.1, -0.05) is 12.1 Å². The fraction of sp³-hybridized carbons (Fsp3) is 0.407. The van der Waals surface area contributed by atoms with Crippen molar-refractivity contribution in [2.24, 2.45) is 0 Å². The third kappa shape index (κ3) is 5.05. The number of aromatic nitrogens is 2. The Morgan fingerprint density at radius 2 is 1.83 bits per heavy atom. The van der Waals surface area contributed by atoms with Crippen LogP contribution in [0.3, 0.4) is 0 Å². The molecule has 0 saturated carbocycles. The van der Waals surface area contributed by atoms with E-state index in [1.54, 1.807) is 41.3 Å². The number of nitrogens with zero attached hydrogens (tertiary/aromatic N) is 2. The molecule has 1 fully saturated rings. The number of likely N-dealkylation sites (tertiary alicyclic amines) is 1. The van der Waals surface area contributed by atoms with Crippen LogP contribution in [0.25, 0.3) is 11.0 Å². The lowest BCUT2D eigenvalue weighted by molar-refractivity contribution is -0.126. The van der Waals surface area contributed by atoms with Gasteiger partial charge in [0.2, 0.25) is 0 Å². The summed E-state index contributed by atoms with van der Waals surface area (Å²) in [4.78, 5) is 55.6. The van der Waals surface area contributed by atoms with Gasteiger partial charge in [0, 0.05) is 19.5 Å². The monoisotopic (exact) mass is 493 g/mol. The van der Waals surface area contributed by atoms with Crippen LogP contribution in [0, 0.1) is 0 Å². The number of hydrogen-bond donors (Lipinski definition) is 1. The van der Waals surface area contributed by atoms with Crippen molar-refractivity contribution in [2.45, 2.75) is 45.6 Å². The van der Waals surface area contributed by atoms with Crippen molar-refractivity contribution >= 4 is 28.5 Å². The van der Waals surface area contributed by atoms with E-state index in [2.05, 4.69) is 4.98 Å². The van der Waals surface area contributed by atoms with Crippen molar-refractivity contribution in [3.05, 3.63) is 58.0 Å². The molecular formula is C27H31N3O6. The molecule has 1 amide bonds. The van der Waals surface area contributed by atoms with Crippen molar-refractivity contribution < 1.29 is 23.9 Å². The van der Waals surface area contributed by atoms with Crippen LogP contribution in [0.1, 0.15) is 61.5 Å². The fourth-order valence-corrected chi connectivity index (χ4v) is 4.82. The summed E-state index contributed by atoms with van der Waals surface area (Å²) >= 11 is 0. The summed E-state index contributed by atoms with van der Waals surface area (Å²) in [6, 6.07) is 9.73. The number of hydrogen-bond acceptors (Lipinski definition) is 6. The van der Waals surface area contributed by atoms with Crippen LogP contribution in [0.4, 0.5) is 0 Å². The maximum atomic E-state index is 13.3. The minimum Gasteiger partial charge on any atom is -0.493 e. The summed E-state index contributed by atoms with van der Waals surface area (Å²) in [5, 5.41) is 0. The molecular weight excluding hydrogens is 462 g/mol. The molecule has 1 unspecified atom stereocenters. The van der Waals surface area contributed by atoms with Gasteiger partial charge in [-0.05, 0) is 56.5 Å². The number of rotatable bonds is 10. The number of imidazole rings is 1. The van der Waals surface area contributed by atoms with Crippen LogP contribution in [0.15, 0.2) is 41.2 Å². The number of methoxy groups -OCH3 is 1. The van der Waals surface area contributed by atoms with E-state index in [0.29, 0.717) is 53.4 Å². The molecule has 0 spiro atoms. The van der Waals surface area contributed by atoms with Crippen LogP contribution in [0.5, 0.6) is 11.5 Å². The average molecular weight is 494 g/mol. The number of amides is 1. The molecule has 9 heteroatoms. The van der Waals surface area contributed by atoms with Gasteiger partial charge in [-0.15, -0.1) is 0 Å². The Kier molecular flexibility index (Phi) is 7.57. The molecule has 4 rings (SSSR count). The van der Waals surface area contributed by atoms with E-state index in [0.717, 1.165) is 12.8 Å². The first-order valence-corrected chi connectivity index (χ1v) is 12.2. The zero-order chi connectivity index (χ0) is 25.8. The van der Waals surface area contributed by atoms with E-state index in [1.165, 1.54) is 18.6 Å². The maximum Gasteiger partial charge on any atom is 0.327 e. The second-order valence-electron chi connectivity index (χ2n) is 8.98. The van der Waals surface area contributed by atoms with E-state index in [1.807, 2.05) is 6.92 Å². The SMILES string of the molecule is CCOc1cc(C(CC(=O)CC(C)=O)n2c(=O)[nH]c3c(C(=O)N4CCCC4)cccc32)ccc1OC. The summed E-state index contributed by atoms with van der Waals surface area (Å²) in [6.45, 7) is 5.00. The highest BCUT2D eigenvalue weighted by Gasteiger charge is 2.27. The number of ketones is 2. The van der Waals surface area contributed by atoms with Crippen molar-refractivity contribution in [2.75, 3.05) is 26.8 Å². The topological polar surface area (TPSA) is 111 Å². The third-order valence-corrected chi connectivity index (χ3v) is 6.43. The van der Waals surface area contributed by atoms with Crippen LogP contribution in [-0.4, -0.2) is 58.7 Å². The van der Waals surface area contributed by atoms with Gasteiger partial charge in [0.05, 0.1) is 42.8 Å². The van der Waals surface area contributed by atoms with Gasteiger partial charge in [-0.2, -0.15) is 0 Å². The Labute approximate surface area is 209 Å². The highest BCUT2D eigenvalue weighted by molar-refractivity contribution is 6.05. The Morgan fingerprint density at radius 3 is 2.50 bits per heavy atom. The summed E-state index contributed by atoms with van der Waals surface area (Å²) in [5.74, 6) is 0.359. The predicted octanol–water partition coefficient (Wildman–Crippen LogP) is 3.50. The van der Waals surface area contributed by atoms with E-state index < -0.39 is 11.7 Å². The van der Waals surface area contributed by atoms with E-state index in [9.17, 15) is 19.2 Å². The van der Waals surface area contributed by atoms with Gasteiger partial charge < -0.3 is 19.4 Å². The number of ether oxygens (including phenoxy) is 2. The van der Waals surface area contributed by atoms with Crippen LogP contribution in [-0.2, 0) is 9.59 Å². The zero-order valence-corrected chi connectivity index (χ0v) is 20.8. The number of carbonyl (C=O) groups is 3. The van der Waals surface area contributed by atoms with Gasteiger partial charge in [0.25, 0.3) is 5.91 Å². The highest BCUT2D eigenvalue weighted by Crippen LogP contribution is 2.34. The minimum absolute atomic E-state index is 0.0748. The predicted molar refractivity (Wildman–Crippen MR) is 135 cm³/mol. The molecule has 3 aromatic rings. The lowest BCUT2D eigenvalue weighted by Gasteiger charge is -2.21. The van der Waals surface area contributed by atoms with E-state index in [-0.39, 0.29) is 30.3 Å².